The molecule has 2 heterocycles. The largest absolute Gasteiger partial charge is 0.390 e. The number of hydrogen-bond acceptors (Lipinski definition) is 4. The molecule has 4 nitrogen and oxygen atoms in total. The highest BCUT2D eigenvalue weighted by atomic mass is 16.3. The number of likely N-dealkylation sites (tertiary alicyclic amines) is 1. The predicted molar refractivity (Wildman–Crippen MR) is 60.9 cm³/mol. The lowest BCUT2D eigenvalue weighted by atomic mass is 10.0. The van der Waals surface area contributed by atoms with Crippen molar-refractivity contribution in [3.8, 4) is 0 Å². The molecule has 2 N–H and O–H groups in total. The Hall–Kier alpha value is -0.160. The average Bonchev–Trinajstić information content (AvgIpc) is 2.65. The van der Waals surface area contributed by atoms with Gasteiger partial charge in [-0.15, -0.1) is 0 Å². The summed E-state index contributed by atoms with van der Waals surface area (Å²) >= 11 is 0. The molecule has 0 aromatic carbocycles. The molecular formula is C11H23N3O. The van der Waals surface area contributed by atoms with Gasteiger partial charge in [0.05, 0.1) is 6.10 Å². The Morgan fingerprint density at radius 1 is 1.27 bits per heavy atom. The number of hydrogen-bond donors (Lipinski definition) is 2. The van der Waals surface area contributed by atoms with Crippen molar-refractivity contribution in [3.63, 3.8) is 0 Å². The van der Waals surface area contributed by atoms with Gasteiger partial charge in [0.25, 0.3) is 0 Å². The summed E-state index contributed by atoms with van der Waals surface area (Å²) in [5.41, 5.74) is 0. The number of piperidine rings is 1. The Labute approximate surface area is 92.2 Å². The third-order valence-electron chi connectivity index (χ3n) is 3.94. The molecule has 0 bridgehead atoms. The number of aliphatic hydroxyl groups excluding tert-OH is 1. The Morgan fingerprint density at radius 3 is 2.47 bits per heavy atom. The fourth-order valence-electron chi connectivity index (χ4n) is 2.74. The van der Waals surface area contributed by atoms with Gasteiger partial charge in [0.2, 0.25) is 0 Å². The van der Waals surface area contributed by atoms with Gasteiger partial charge in [-0.3, -0.25) is 4.90 Å². The monoisotopic (exact) mass is 213 g/mol. The molecular weight excluding hydrogens is 190 g/mol. The third kappa shape index (κ3) is 2.50. The molecule has 2 atom stereocenters. The van der Waals surface area contributed by atoms with Gasteiger partial charge >= 0.3 is 0 Å². The molecule has 2 saturated heterocycles. The second kappa shape index (κ2) is 4.78. The van der Waals surface area contributed by atoms with Crippen LogP contribution in [0.15, 0.2) is 0 Å². The minimum absolute atomic E-state index is 0.186. The highest BCUT2D eigenvalue weighted by Gasteiger charge is 2.33. The van der Waals surface area contributed by atoms with Crippen molar-refractivity contribution in [3.05, 3.63) is 0 Å². The summed E-state index contributed by atoms with van der Waals surface area (Å²) < 4.78 is 0. The van der Waals surface area contributed by atoms with Crippen molar-refractivity contribution in [2.24, 2.45) is 0 Å². The zero-order valence-corrected chi connectivity index (χ0v) is 9.82. The van der Waals surface area contributed by atoms with Crippen LogP contribution in [0.1, 0.15) is 12.8 Å². The van der Waals surface area contributed by atoms with Gasteiger partial charge in [-0.05, 0) is 40.0 Å². The van der Waals surface area contributed by atoms with E-state index < -0.39 is 0 Å². The minimum Gasteiger partial charge on any atom is -0.390 e. The summed E-state index contributed by atoms with van der Waals surface area (Å²) in [5.74, 6) is 0. The van der Waals surface area contributed by atoms with Crippen LogP contribution in [0.25, 0.3) is 0 Å². The zero-order valence-electron chi connectivity index (χ0n) is 9.82. The van der Waals surface area contributed by atoms with Crippen molar-refractivity contribution in [2.45, 2.75) is 31.0 Å². The maximum absolute atomic E-state index is 9.83. The molecule has 2 rings (SSSR count). The molecule has 0 saturated carbocycles. The molecule has 2 fully saturated rings. The fourth-order valence-corrected chi connectivity index (χ4v) is 2.74. The van der Waals surface area contributed by atoms with Gasteiger partial charge in [0, 0.05) is 25.2 Å². The molecule has 0 aromatic rings. The molecule has 4 heteroatoms. The first-order chi connectivity index (χ1) is 7.18. The van der Waals surface area contributed by atoms with Gasteiger partial charge < -0.3 is 15.3 Å². The summed E-state index contributed by atoms with van der Waals surface area (Å²) in [6.07, 6.45) is 2.28. The molecule has 2 aliphatic rings. The van der Waals surface area contributed by atoms with E-state index in [-0.39, 0.29) is 6.10 Å². The van der Waals surface area contributed by atoms with Crippen LogP contribution in [0.4, 0.5) is 0 Å². The number of likely N-dealkylation sites (N-methyl/N-ethyl adjacent to an activating group) is 1. The van der Waals surface area contributed by atoms with Crippen molar-refractivity contribution in [1.29, 1.82) is 0 Å². The lowest BCUT2D eigenvalue weighted by Crippen LogP contribution is -2.50. The van der Waals surface area contributed by atoms with Gasteiger partial charge in [-0.2, -0.15) is 0 Å². The molecule has 0 aliphatic carbocycles. The third-order valence-corrected chi connectivity index (χ3v) is 3.94. The average molecular weight is 213 g/mol. The summed E-state index contributed by atoms with van der Waals surface area (Å²) in [7, 11) is 4.35. The van der Waals surface area contributed by atoms with Gasteiger partial charge in [0.15, 0.2) is 0 Å². The first kappa shape index (κ1) is 11.3. The number of β-amino-alcohol motifs (C(OH)–C–C–N with tert-alkyl or cyclic N) is 1. The Bertz CT molecular complexity index is 204. The fraction of sp³-hybridized carbons (Fsp3) is 1.00. The normalized spacial score (nSPS) is 35.2. The summed E-state index contributed by atoms with van der Waals surface area (Å²) in [5, 5.41) is 13.1. The van der Waals surface area contributed by atoms with Crippen LogP contribution in [-0.2, 0) is 0 Å². The van der Waals surface area contributed by atoms with Crippen LogP contribution < -0.4 is 5.32 Å². The Morgan fingerprint density at radius 2 is 1.93 bits per heavy atom. The number of rotatable bonds is 2. The minimum atomic E-state index is -0.186. The van der Waals surface area contributed by atoms with E-state index in [1.54, 1.807) is 0 Å². The molecule has 0 amide bonds. The second-order valence-electron chi connectivity index (χ2n) is 4.99. The molecule has 88 valence electrons. The van der Waals surface area contributed by atoms with Crippen LogP contribution in [0.2, 0.25) is 0 Å². The Balaban J connectivity index is 1.87. The predicted octanol–water partition coefficient (Wildman–Crippen LogP) is -0.655. The van der Waals surface area contributed by atoms with Gasteiger partial charge in [0.1, 0.15) is 0 Å². The SMILES string of the molecule is CN1CCC(N(C)[C@@H]2CNC[C@H]2O)CC1. The smallest absolute Gasteiger partial charge is 0.0831 e. The van der Waals surface area contributed by atoms with E-state index in [0.29, 0.717) is 12.1 Å². The van der Waals surface area contributed by atoms with E-state index in [1.807, 2.05) is 0 Å². The summed E-state index contributed by atoms with van der Waals surface area (Å²) in [6, 6.07) is 0.971. The number of nitrogens with one attached hydrogen (secondary N) is 1. The van der Waals surface area contributed by atoms with Crippen LogP contribution in [0, 0.1) is 0 Å². The van der Waals surface area contributed by atoms with Crippen LogP contribution in [0.3, 0.4) is 0 Å². The highest BCUT2D eigenvalue weighted by molar-refractivity contribution is 4.91. The topological polar surface area (TPSA) is 38.7 Å². The molecule has 0 radical (unpaired) electrons. The molecule has 15 heavy (non-hydrogen) atoms. The highest BCUT2D eigenvalue weighted by Crippen LogP contribution is 2.19. The van der Waals surface area contributed by atoms with Crippen LogP contribution in [-0.4, -0.2) is 73.4 Å². The molecule has 0 unspecified atom stereocenters. The zero-order chi connectivity index (χ0) is 10.8. The van der Waals surface area contributed by atoms with E-state index in [1.165, 1.54) is 25.9 Å². The van der Waals surface area contributed by atoms with Crippen molar-refractivity contribution >= 4 is 0 Å². The second-order valence-corrected chi connectivity index (χ2v) is 4.99. The first-order valence-electron chi connectivity index (χ1n) is 5.97. The van der Waals surface area contributed by atoms with Crippen molar-refractivity contribution in [2.75, 3.05) is 40.3 Å². The molecule has 0 aromatic heterocycles. The molecule has 0 spiro atoms. The maximum atomic E-state index is 9.83. The lowest BCUT2D eigenvalue weighted by molar-refractivity contribution is 0.0502. The molecule has 2 aliphatic heterocycles. The van der Waals surface area contributed by atoms with E-state index >= 15 is 0 Å². The van der Waals surface area contributed by atoms with Gasteiger partial charge in [-0.1, -0.05) is 0 Å². The van der Waals surface area contributed by atoms with Crippen molar-refractivity contribution < 1.29 is 5.11 Å². The Kier molecular flexibility index (Phi) is 3.61. The maximum Gasteiger partial charge on any atom is 0.0831 e. The van der Waals surface area contributed by atoms with Crippen molar-refractivity contribution in [1.82, 2.24) is 15.1 Å². The van der Waals surface area contributed by atoms with E-state index in [0.717, 1.165) is 13.1 Å². The van der Waals surface area contributed by atoms with E-state index in [2.05, 4.69) is 29.2 Å². The first-order valence-corrected chi connectivity index (χ1v) is 5.97. The van der Waals surface area contributed by atoms with E-state index in [9.17, 15) is 5.11 Å². The summed E-state index contributed by atoms with van der Waals surface area (Å²) in [6.45, 7) is 4.06. The lowest BCUT2D eigenvalue weighted by Gasteiger charge is -2.38. The number of aliphatic hydroxyl groups is 1. The van der Waals surface area contributed by atoms with E-state index in [4.69, 9.17) is 0 Å². The van der Waals surface area contributed by atoms with Crippen LogP contribution >= 0.6 is 0 Å². The van der Waals surface area contributed by atoms with Crippen LogP contribution in [0.5, 0.6) is 0 Å². The quantitative estimate of drug-likeness (QED) is 0.639. The summed E-state index contributed by atoms with van der Waals surface area (Å²) in [4.78, 5) is 4.77. The van der Waals surface area contributed by atoms with Gasteiger partial charge in [-0.25, -0.2) is 0 Å². The standard InChI is InChI=1S/C11H23N3O/c1-13-5-3-9(4-6-13)14(2)10-7-12-8-11(10)15/h9-12,15H,3-8H2,1-2H3/t10-,11-/m1/s1. The number of nitrogens with zero attached hydrogens (tertiary/aromatic N) is 2.